The van der Waals surface area contributed by atoms with E-state index in [4.69, 9.17) is 0 Å². The quantitative estimate of drug-likeness (QED) is 0.834. The molecule has 0 unspecified atom stereocenters. The Bertz CT molecular complexity index is 430. The Morgan fingerprint density at radius 1 is 1.50 bits per heavy atom. The number of methoxy groups -OCH3 is 1. The number of benzene rings is 1. The first kappa shape index (κ1) is 13.0. The van der Waals surface area contributed by atoms with Crippen LogP contribution in [0.3, 0.4) is 0 Å². The summed E-state index contributed by atoms with van der Waals surface area (Å²) in [5.74, 6) is -0.0425. The predicted octanol–water partition coefficient (Wildman–Crippen LogP) is 2.22. The molecule has 1 aromatic carbocycles. The SMILES string of the molecule is COC(=O)[C@H](C)NC1CC(c2cccc(F)c2)C1. The van der Waals surface area contributed by atoms with E-state index in [-0.39, 0.29) is 17.8 Å². The number of hydrogen-bond donors (Lipinski definition) is 1. The van der Waals surface area contributed by atoms with E-state index < -0.39 is 0 Å². The maximum absolute atomic E-state index is 13.1. The topological polar surface area (TPSA) is 38.3 Å². The first-order valence-electron chi connectivity index (χ1n) is 6.19. The van der Waals surface area contributed by atoms with Crippen LogP contribution in [0, 0.1) is 5.82 Å². The Morgan fingerprint density at radius 3 is 2.83 bits per heavy atom. The molecule has 0 saturated heterocycles. The largest absolute Gasteiger partial charge is 0.468 e. The molecule has 1 saturated carbocycles. The number of esters is 1. The van der Waals surface area contributed by atoms with E-state index in [1.807, 2.05) is 6.07 Å². The molecule has 1 fully saturated rings. The molecule has 1 aliphatic rings. The Morgan fingerprint density at radius 2 is 2.22 bits per heavy atom. The molecule has 1 aliphatic carbocycles. The van der Waals surface area contributed by atoms with Gasteiger partial charge in [0.2, 0.25) is 0 Å². The van der Waals surface area contributed by atoms with Gasteiger partial charge < -0.3 is 10.1 Å². The molecule has 3 nitrogen and oxygen atoms in total. The minimum Gasteiger partial charge on any atom is -0.468 e. The molecular weight excluding hydrogens is 233 g/mol. The van der Waals surface area contributed by atoms with Crippen molar-refractivity contribution in [3.63, 3.8) is 0 Å². The summed E-state index contributed by atoms with van der Waals surface area (Å²) in [5, 5.41) is 3.21. The highest BCUT2D eigenvalue weighted by Gasteiger charge is 2.32. The maximum Gasteiger partial charge on any atom is 0.322 e. The van der Waals surface area contributed by atoms with Crippen LogP contribution in [0.15, 0.2) is 24.3 Å². The molecule has 98 valence electrons. The number of ether oxygens (including phenoxy) is 1. The molecule has 0 heterocycles. The summed E-state index contributed by atoms with van der Waals surface area (Å²) in [4.78, 5) is 11.2. The zero-order chi connectivity index (χ0) is 13.1. The zero-order valence-electron chi connectivity index (χ0n) is 10.7. The molecule has 0 radical (unpaired) electrons. The number of carbonyl (C=O) groups excluding carboxylic acids is 1. The number of hydrogen-bond acceptors (Lipinski definition) is 3. The lowest BCUT2D eigenvalue weighted by Crippen LogP contribution is -2.47. The lowest BCUT2D eigenvalue weighted by atomic mass is 9.75. The van der Waals surface area contributed by atoms with E-state index in [0.29, 0.717) is 12.0 Å². The summed E-state index contributed by atoms with van der Waals surface area (Å²) in [6.07, 6.45) is 1.87. The highest BCUT2D eigenvalue weighted by atomic mass is 19.1. The molecule has 4 heteroatoms. The van der Waals surface area contributed by atoms with E-state index >= 15 is 0 Å². The van der Waals surface area contributed by atoms with Gasteiger partial charge in [-0.15, -0.1) is 0 Å². The van der Waals surface area contributed by atoms with Crippen LogP contribution in [0.2, 0.25) is 0 Å². The fourth-order valence-corrected chi connectivity index (χ4v) is 2.38. The van der Waals surface area contributed by atoms with Crippen LogP contribution in [0.4, 0.5) is 4.39 Å². The molecule has 2 rings (SSSR count). The number of nitrogens with one attached hydrogen (secondary N) is 1. The van der Waals surface area contributed by atoms with Gasteiger partial charge in [0.25, 0.3) is 0 Å². The summed E-state index contributed by atoms with van der Waals surface area (Å²) in [6, 6.07) is 6.76. The van der Waals surface area contributed by atoms with Gasteiger partial charge in [-0.1, -0.05) is 12.1 Å². The third-order valence-electron chi connectivity index (χ3n) is 3.50. The van der Waals surface area contributed by atoms with Gasteiger partial charge in [0, 0.05) is 6.04 Å². The molecule has 0 amide bonds. The minimum absolute atomic E-state index is 0.188. The van der Waals surface area contributed by atoms with Gasteiger partial charge >= 0.3 is 5.97 Å². The first-order chi connectivity index (χ1) is 8.60. The van der Waals surface area contributed by atoms with E-state index in [2.05, 4.69) is 10.1 Å². The Labute approximate surface area is 106 Å². The van der Waals surface area contributed by atoms with Crippen molar-refractivity contribution < 1.29 is 13.9 Å². The average Bonchev–Trinajstić information content (AvgIpc) is 2.31. The average molecular weight is 251 g/mol. The van der Waals surface area contributed by atoms with Gasteiger partial charge in [0.05, 0.1) is 7.11 Å². The summed E-state index contributed by atoms with van der Waals surface area (Å²) in [6.45, 7) is 1.79. The number of rotatable bonds is 4. The number of carbonyl (C=O) groups is 1. The maximum atomic E-state index is 13.1. The Balaban J connectivity index is 1.82. The third-order valence-corrected chi connectivity index (χ3v) is 3.50. The summed E-state index contributed by atoms with van der Waals surface area (Å²) < 4.78 is 17.7. The zero-order valence-corrected chi connectivity index (χ0v) is 10.7. The van der Waals surface area contributed by atoms with Gasteiger partial charge in [-0.3, -0.25) is 4.79 Å². The summed E-state index contributed by atoms with van der Waals surface area (Å²) in [7, 11) is 1.39. The van der Waals surface area contributed by atoms with Crippen molar-refractivity contribution in [2.75, 3.05) is 7.11 Å². The molecule has 1 aromatic rings. The van der Waals surface area contributed by atoms with Gasteiger partial charge in [-0.05, 0) is 43.4 Å². The molecule has 0 bridgehead atoms. The van der Waals surface area contributed by atoms with Gasteiger partial charge in [-0.2, -0.15) is 0 Å². The predicted molar refractivity (Wildman–Crippen MR) is 66.8 cm³/mol. The molecule has 1 atom stereocenters. The summed E-state index contributed by atoms with van der Waals surface area (Å²) >= 11 is 0. The smallest absolute Gasteiger partial charge is 0.322 e. The fraction of sp³-hybridized carbons (Fsp3) is 0.500. The van der Waals surface area contributed by atoms with Crippen LogP contribution in [-0.4, -0.2) is 25.2 Å². The number of halogens is 1. The van der Waals surface area contributed by atoms with Crippen molar-refractivity contribution in [2.24, 2.45) is 0 Å². The van der Waals surface area contributed by atoms with Crippen LogP contribution in [0.25, 0.3) is 0 Å². The molecule has 0 spiro atoms. The van der Waals surface area contributed by atoms with Crippen molar-refractivity contribution in [2.45, 2.75) is 37.8 Å². The Kier molecular flexibility index (Phi) is 3.97. The van der Waals surface area contributed by atoms with Gasteiger partial charge in [-0.25, -0.2) is 4.39 Å². The van der Waals surface area contributed by atoms with Crippen LogP contribution < -0.4 is 5.32 Å². The van der Waals surface area contributed by atoms with Crippen molar-refractivity contribution >= 4 is 5.97 Å². The fourth-order valence-electron chi connectivity index (χ4n) is 2.38. The highest BCUT2D eigenvalue weighted by Crippen LogP contribution is 2.37. The van der Waals surface area contributed by atoms with Crippen LogP contribution >= 0.6 is 0 Å². The second kappa shape index (κ2) is 5.48. The molecule has 18 heavy (non-hydrogen) atoms. The van der Waals surface area contributed by atoms with Crippen molar-refractivity contribution in [1.82, 2.24) is 5.32 Å². The molecule has 0 aliphatic heterocycles. The van der Waals surface area contributed by atoms with Crippen LogP contribution in [0.5, 0.6) is 0 Å². The highest BCUT2D eigenvalue weighted by molar-refractivity contribution is 5.75. The second-order valence-electron chi connectivity index (χ2n) is 4.83. The van der Waals surface area contributed by atoms with E-state index in [1.165, 1.54) is 13.2 Å². The van der Waals surface area contributed by atoms with Gasteiger partial charge in [0.15, 0.2) is 0 Å². The van der Waals surface area contributed by atoms with Crippen molar-refractivity contribution in [3.8, 4) is 0 Å². The van der Waals surface area contributed by atoms with Crippen molar-refractivity contribution in [3.05, 3.63) is 35.6 Å². The summed E-state index contributed by atoms with van der Waals surface area (Å²) in [5.41, 5.74) is 1.04. The minimum atomic E-state index is -0.284. The van der Waals surface area contributed by atoms with Crippen LogP contribution in [-0.2, 0) is 9.53 Å². The monoisotopic (exact) mass is 251 g/mol. The van der Waals surface area contributed by atoms with E-state index in [1.54, 1.807) is 19.1 Å². The standard InChI is InChI=1S/C14H18FNO2/c1-9(14(17)18-2)16-13-7-11(8-13)10-4-3-5-12(15)6-10/h3-6,9,11,13,16H,7-8H2,1-2H3/t9-,11?,13?/m0/s1. The lowest BCUT2D eigenvalue weighted by Gasteiger charge is -2.37. The third kappa shape index (κ3) is 2.88. The second-order valence-corrected chi connectivity index (χ2v) is 4.83. The lowest BCUT2D eigenvalue weighted by molar-refractivity contribution is -0.143. The molecular formula is C14H18FNO2. The first-order valence-corrected chi connectivity index (χ1v) is 6.19. The van der Waals surface area contributed by atoms with E-state index in [0.717, 1.165) is 18.4 Å². The molecule has 1 N–H and O–H groups in total. The Hall–Kier alpha value is -1.42. The normalized spacial score (nSPS) is 24.2. The van der Waals surface area contributed by atoms with Gasteiger partial charge in [0.1, 0.15) is 11.9 Å². The van der Waals surface area contributed by atoms with Crippen molar-refractivity contribution in [1.29, 1.82) is 0 Å². The van der Waals surface area contributed by atoms with E-state index in [9.17, 15) is 9.18 Å². The van der Waals surface area contributed by atoms with Crippen LogP contribution in [0.1, 0.15) is 31.2 Å². The molecule has 0 aromatic heterocycles.